The molecule has 2 aromatic rings. The fourth-order valence-corrected chi connectivity index (χ4v) is 4.01. The average molecular weight is 502 g/mol. The number of carbonyl (C=O) groups excluding carboxylic acids is 1. The van der Waals surface area contributed by atoms with E-state index in [4.69, 9.17) is 27.9 Å². The van der Waals surface area contributed by atoms with Crippen molar-refractivity contribution in [3.05, 3.63) is 58.7 Å². The second-order valence-corrected chi connectivity index (χ2v) is 9.85. The summed E-state index contributed by atoms with van der Waals surface area (Å²) >= 11 is 12.2. The molecule has 4 unspecified atom stereocenters. The van der Waals surface area contributed by atoms with Crippen LogP contribution in [0.3, 0.4) is 0 Å². The lowest BCUT2D eigenvalue weighted by Gasteiger charge is -2.25. The summed E-state index contributed by atoms with van der Waals surface area (Å²) in [5, 5.41) is 17.3. The minimum absolute atomic E-state index is 0.135. The Balaban J connectivity index is 1.39. The molecule has 1 aromatic heterocycles. The van der Waals surface area contributed by atoms with Crippen LogP contribution in [0.25, 0.3) is 0 Å². The van der Waals surface area contributed by atoms with Gasteiger partial charge in [0.1, 0.15) is 5.15 Å². The number of carbonyl (C=O) groups is 1. The highest BCUT2D eigenvalue weighted by atomic mass is 35.5. The summed E-state index contributed by atoms with van der Waals surface area (Å²) in [7, 11) is 0. The third kappa shape index (κ3) is 7.89. The average Bonchev–Trinajstić information content (AvgIpc) is 3.75. The van der Waals surface area contributed by atoms with Gasteiger partial charge in [-0.1, -0.05) is 53.8 Å². The lowest BCUT2D eigenvalue weighted by Crippen LogP contribution is -2.48. The van der Waals surface area contributed by atoms with Gasteiger partial charge in [-0.25, -0.2) is 4.98 Å². The number of nitrogens with one attached hydrogen (secondary N) is 2. The zero-order valence-corrected chi connectivity index (χ0v) is 20.4. The van der Waals surface area contributed by atoms with Gasteiger partial charge in [0.15, 0.2) is 0 Å². The largest absolute Gasteiger partial charge is 0.477 e. The molecule has 2 fully saturated rings. The molecular formula is C26H29Cl2N3O3. The molecule has 1 aromatic carbocycles. The number of aromatic nitrogens is 1. The number of aliphatic hydroxyl groups is 1. The van der Waals surface area contributed by atoms with Crippen molar-refractivity contribution in [2.45, 2.75) is 43.2 Å². The smallest absolute Gasteiger partial charge is 0.251 e. The highest BCUT2D eigenvalue weighted by Gasteiger charge is 2.36. The first kappa shape index (κ1) is 24.8. The molecule has 3 N–H and O–H groups in total. The summed E-state index contributed by atoms with van der Waals surface area (Å²) in [6, 6.07) is 12.3. The number of aliphatic hydroxyl groups excluding tert-OH is 1. The Hall–Kier alpha value is -2.30. The van der Waals surface area contributed by atoms with Crippen molar-refractivity contribution >= 4 is 29.1 Å². The van der Waals surface area contributed by atoms with Crippen LogP contribution in [0.1, 0.15) is 35.2 Å². The van der Waals surface area contributed by atoms with E-state index < -0.39 is 12.1 Å². The van der Waals surface area contributed by atoms with Crippen LogP contribution in [0.2, 0.25) is 5.15 Å². The van der Waals surface area contributed by atoms with Crippen molar-refractivity contribution in [3.63, 3.8) is 0 Å². The van der Waals surface area contributed by atoms with Crippen molar-refractivity contribution in [1.82, 2.24) is 15.6 Å². The maximum Gasteiger partial charge on any atom is 0.251 e. The fraction of sp³-hybridized carbons (Fsp3) is 0.462. The molecule has 1 amide bonds. The molecule has 0 saturated heterocycles. The normalized spacial score (nSPS) is 20.6. The summed E-state index contributed by atoms with van der Waals surface area (Å²) in [5.74, 6) is 7.04. The van der Waals surface area contributed by atoms with Gasteiger partial charge < -0.3 is 20.5 Å². The predicted molar refractivity (Wildman–Crippen MR) is 133 cm³/mol. The zero-order valence-electron chi connectivity index (χ0n) is 18.8. The molecular weight excluding hydrogens is 473 g/mol. The summed E-state index contributed by atoms with van der Waals surface area (Å²) in [6.07, 6.45) is 2.94. The van der Waals surface area contributed by atoms with Crippen LogP contribution in [0.4, 0.5) is 0 Å². The number of hydrogen-bond donors (Lipinski definition) is 3. The Kier molecular flexibility index (Phi) is 8.69. The van der Waals surface area contributed by atoms with Crippen LogP contribution in [0.5, 0.6) is 5.88 Å². The molecule has 6 nitrogen and oxygen atoms in total. The van der Waals surface area contributed by atoms with Crippen molar-refractivity contribution in [2.75, 3.05) is 19.7 Å². The Morgan fingerprint density at radius 1 is 1.26 bits per heavy atom. The van der Waals surface area contributed by atoms with Gasteiger partial charge in [-0.05, 0) is 37.3 Å². The van der Waals surface area contributed by atoms with Gasteiger partial charge >= 0.3 is 0 Å². The molecule has 0 bridgehead atoms. The number of benzene rings is 1. The lowest BCUT2D eigenvalue weighted by atomic mass is 10.0. The summed E-state index contributed by atoms with van der Waals surface area (Å²) in [4.78, 5) is 17.2. The number of pyridine rings is 1. The van der Waals surface area contributed by atoms with Crippen molar-refractivity contribution in [1.29, 1.82) is 0 Å². The zero-order chi connectivity index (χ0) is 23.9. The molecule has 2 aliphatic rings. The monoisotopic (exact) mass is 501 g/mol. The maximum atomic E-state index is 13.1. The van der Waals surface area contributed by atoms with Gasteiger partial charge in [-0.15, -0.1) is 11.6 Å². The molecule has 8 heteroatoms. The van der Waals surface area contributed by atoms with E-state index in [2.05, 4.69) is 27.5 Å². The van der Waals surface area contributed by atoms with Gasteiger partial charge in [0.05, 0.1) is 25.3 Å². The second kappa shape index (κ2) is 11.9. The third-order valence-electron chi connectivity index (χ3n) is 5.84. The lowest BCUT2D eigenvalue weighted by molar-refractivity contribution is 0.0832. The van der Waals surface area contributed by atoms with E-state index >= 15 is 0 Å². The highest BCUT2D eigenvalue weighted by Crippen LogP contribution is 2.36. The Bertz CT molecular complexity index is 1040. The van der Waals surface area contributed by atoms with Gasteiger partial charge in [-0.2, -0.15) is 0 Å². The fourth-order valence-electron chi connectivity index (χ4n) is 3.50. The standard InChI is InChI=1S/C26H29Cl2N3O3/c27-21-12-20(21)16-34-25-14-19(13-24(28)31-25)26(33)30-22(11-18-5-2-1-3-6-18)23(32)15-29-10-4-7-17-8-9-17/h1-3,5-6,13-14,17,20-23,29,32H,8-12,15-16H2,(H,30,33). The van der Waals surface area contributed by atoms with Crippen LogP contribution in [-0.4, -0.2) is 53.2 Å². The summed E-state index contributed by atoms with van der Waals surface area (Å²) < 4.78 is 5.69. The topological polar surface area (TPSA) is 83.5 Å². The van der Waals surface area contributed by atoms with E-state index in [0.29, 0.717) is 43.5 Å². The summed E-state index contributed by atoms with van der Waals surface area (Å²) in [6.45, 7) is 1.25. The molecule has 34 heavy (non-hydrogen) atoms. The molecule has 4 rings (SSSR count). The third-order valence-corrected chi connectivity index (χ3v) is 6.57. The van der Waals surface area contributed by atoms with E-state index in [9.17, 15) is 9.90 Å². The Labute approximate surface area is 210 Å². The Morgan fingerprint density at radius 3 is 2.74 bits per heavy atom. The number of nitrogens with zero attached hydrogens (tertiary/aromatic N) is 1. The first-order valence-electron chi connectivity index (χ1n) is 11.6. The van der Waals surface area contributed by atoms with E-state index in [1.54, 1.807) is 6.07 Å². The molecule has 2 aliphatic carbocycles. The van der Waals surface area contributed by atoms with E-state index in [1.807, 2.05) is 30.3 Å². The van der Waals surface area contributed by atoms with Gasteiger partial charge in [0.2, 0.25) is 5.88 Å². The van der Waals surface area contributed by atoms with Crippen LogP contribution in [0.15, 0.2) is 42.5 Å². The summed E-state index contributed by atoms with van der Waals surface area (Å²) in [5.41, 5.74) is 1.33. The van der Waals surface area contributed by atoms with Crippen LogP contribution in [0, 0.1) is 23.7 Å². The predicted octanol–water partition coefficient (Wildman–Crippen LogP) is 3.45. The van der Waals surface area contributed by atoms with Gasteiger partial charge in [0.25, 0.3) is 5.91 Å². The Morgan fingerprint density at radius 2 is 2.03 bits per heavy atom. The highest BCUT2D eigenvalue weighted by molar-refractivity contribution is 6.29. The van der Waals surface area contributed by atoms with Crippen LogP contribution >= 0.6 is 23.2 Å². The molecule has 1 heterocycles. The van der Waals surface area contributed by atoms with Crippen molar-refractivity contribution < 1.29 is 14.6 Å². The first-order valence-corrected chi connectivity index (χ1v) is 12.5. The minimum Gasteiger partial charge on any atom is -0.477 e. The van der Waals surface area contributed by atoms with Crippen LogP contribution < -0.4 is 15.4 Å². The van der Waals surface area contributed by atoms with E-state index in [0.717, 1.165) is 12.0 Å². The molecule has 180 valence electrons. The molecule has 0 radical (unpaired) electrons. The second-order valence-electron chi connectivity index (χ2n) is 8.90. The van der Waals surface area contributed by atoms with Crippen molar-refractivity contribution in [3.8, 4) is 17.7 Å². The van der Waals surface area contributed by atoms with E-state index in [-0.39, 0.29) is 22.3 Å². The number of amides is 1. The number of halogens is 2. The quantitative estimate of drug-likeness (QED) is 0.190. The molecule has 4 atom stereocenters. The number of ether oxygens (including phenoxy) is 1. The number of rotatable bonds is 11. The number of alkyl halides is 1. The van der Waals surface area contributed by atoms with Gasteiger partial charge in [-0.3, -0.25) is 4.79 Å². The molecule has 2 saturated carbocycles. The number of hydrogen-bond acceptors (Lipinski definition) is 5. The first-order chi connectivity index (χ1) is 16.5. The molecule has 0 spiro atoms. The van der Waals surface area contributed by atoms with E-state index in [1.165, 1.54) is 18.9 Å². The van der Waals surface area contributed by atoms with Gasteiger partial charge in [0, 0.05) is 35.4 Å². The van der Waals surface area contributed by atoms with Crippen LogP contribution in [-0.2, 0) is 6.42 Å². The molecule has 0 aliphatic heterocycles. The SMILES string of the molecule is O=C(NC(Cc1ccccc1)C(O)CNCC#CC1CC1)c1cc(Cl)nc(OCC2CC2Cl)c1. The van der Waals surface area contributed by atoms with Crippen molar-refractivity contribution in [2.24, 2.45) is 11.8 Å². The minimum atomic E-state index is -0.810. The maximum absolute atomic E-state index is 13.1.